The molecule has 1 atom stereocenters. The number of hydrogen-bond acceptors (Lipinski definition) is 4. The molecule has 1 heterocycles. The molecule has 2 aromatic rings. The van der Waals surface area contributed by atoms with Crippen LogP contribution in [-0.2, 0) is 9.59 Å². The Hall–Kier alpha value is -3.00. The number of amides is 2. The van der Waals surface area contributed by atoms with Gasteiger partial charge in [0, 0.05) is 24.1 Å². The standard InChI is InChI=1S/C17H13ClFN3O4/c18-11-5-6-13(15(8-11)22(25)26)20-17(24)10-7-16(23)21(9-10)14-4-2-1-3-12(14)19/h1-6,8,10H,7,9H2,(H,20,24). The van der Waals surface area contributed by atoms with E-state index in [0.29, 0.717) is 0 Å². The summed E-state index contributed by atoms with van der Waals surface area (Å²) < 4.78 is 13.9. The summed E-state index contributed by atoms with van der Waals surface area (Å²) in [6, 6.07) is 9.64. The molecule has 1 aliphatic rings. The minimum Gasteiger partial charge on any atom is -0.320 e. The summed E-state index contributed by atoms with van der Waals surface area (Å²) in [6.07, 6.45) is -0.110. The lowest BCUT2D eigenvalue weighted by Crippen LogP contribution is -2.28. The Labute approximate surface area is 152 Å². The van der Waals surface area contributed by atoms with Gasteiger partial charge in [-0.25, -0.2) is 4.39 Å². The van der Waals surface area contributed by atoms with E-state index in [0.717, 1.165) is 6.07 Å². The van der Waals surface area contributed by atoms with Crippen LogP contribution in [0.3, 0.4) is 0 Å². The number of carbonyl (C=O) groups is 2. The van der Waals surface area contributed by atoms with Crippen molar-refractivity contribution in [2.75, 3.05) is 16.8 Å². The van der Waals surface area contributed by atoms with Crippen LogP contribution >= 0.6 is 11.6 Å². The lowest BCUT2D eigenvalue weighted by molar-refractivity contribution is -0.383. The molecule has 9 heteroatoms. The van der Waals surface area contributed by atoms with Crippen LogP contribution in [0.15, 0.2) is 42.5 Å². The first-order valence-corrected chi connectivity index (χ1v) is 8.04. The van der Waals surface area contributed by atoms with Gasteiger partial charge in [-0.3, -0.25) is 19.7 Å². The summed E-state index contributed by atoms with van der Waals surface area (Å²) in [5.74, 6) is -2.25. The number of nitrogens with one attached hydrogen (secondary N) is 1. The Morgan fingerprint density at radius 2 is 2.04 bits per heavy atom. The molecule has 2 aromatic carbocycles. The number of anilines is 2. The van der Waals surface area contributed by atoms with Crippen LogP contribution in [0.25, 0.3) is 0 Å². The molecule has 1 N–H and O–H groups in total. The highest BCUT2D eigenvalue weighted by atomic mass is 35.5. The highest BCUT2D eigenvalue weighted by Gasteiger charge is 2.36. The number of halogens is 2. The van der Waals surface area contributed by atoms with Crippen LogP contribution in [-0.4, -0.2) is 23.3 Å². The van der Waals surface area contributed by atoms with Crippen molar-refractivity contribution in [3.8, 4) is 0 Å². The van der Waals surface area contributed by atoms with Gasteiger partial charge in [-0.2, -0.15) is 0 Å². The molecule has 0 bridgehead atoms. The molecule has 1 saturated heterocycles. The predicted molar refractivity (Wildman–Crippen MR) is 93.6 cm³/mol. The lowest BCUT2D eigenvalue weighted by Gasteiger charge is -2.17. The number of carbonyl (C=O) groups excluding carboxylic acids is 2. The third-order valence-corrected chi connectivity index (χ3v) is 4.29. The number of rotatable bonds is 4. The highest BCUT2D eigenvalue weighted by Crippen LogP contribution is 2.31. The van der Waals surface area contributed by atoms with Gasteiger partial charge in [-0.15, -0.1) is 0 Å². The number of hydrogen-bond donors (Lipinski definition) is 1. The van der Waals surface area contributed by atoms with Crippen LogP contribution in [0.4, 0.5) is 21.5 Å². The average molecular weight is 378 g/mol. The second-order valence-electron chi connectivity index (χ2n) is 5.76. The number of nitrogens with zero attached hydrogens (tertiary/aromatic N) is 2. The zero-order valence-corrected chi connectivity index (χ0v) is 14.1. The van der Waals surface area contributed by atoms with Crippen molar-refractivity contribution in [1.29, 1.82) is 0 Å². The molecule has 0 radical (unpaired) electrons. The van der Waals surface area contributed by atoms with E-state index in [1.807, 2.05) is 0 Å². The SMILES string of the molecule is O=C(Nc1ccc(Cl)cc1[N+](=O)[O-])C1CC(=O)N(c2ccccc2F)C1. The molecular weight excluding hydrogens is 365 g/mol. The van der Waals surface area contributed by atoms with Crippen LogP contribution in [0.5, 0.6) is 0 Å². The van der Waals surface area contributed by atoms with Crippen molar-refractivity contribution >= 4 is 40.5 Å². The molecule has 0 saturated carbocycles. The molecule has 0 aromatic heterocycles. The molecule has 1 aliphatic heterocycles. The first-order valence-electron chi connectivity index (χ1n) is 7.66. The van der Waals surface area contributed by atoms with Gasteiger partial charge in [0.1, 0.15) is 11.5 Å². The summed E-state index contributed by atoms with van der Waals surface area (Å²) in [5, 5.41) is 13.7. The fraction of sp³-hybridized carbons (Fsp3) is 0.176. The minimum atomic E-state index is -0.752. The average Bonchev–Trinajstić information content (AvgIpc) is 2.98. The van der Waals surface area contributed by atoms with E-state index in [1.54, 1.807) is 6.07 Å². The number of nitro benzene ring substituents is 1. The van der Waals surface area contributed by atoms with Crippen molar-refractivity contribution in [2.45, 2.75) is 6.42 Å². The molecule has 3 rings (SSSR count). The van der Waals surface area contributed by atoms with E-state index in [4.69, 9.17) is 11.6 Å². The van der Waals surface area contributed by atoms with E-state index < -0.39 is 22.6 Å². The third-order valence-electron chi connectivity index (χ3n) is 4.05. The van der Waals surface area contributed by atoms with Crippen LogP contribution in [0.1, 0.15) is 6.42 Å². The summed E-state index contributed by atoms with van der Waals surface area (Å²) in [4.78, 5) is 36.2. The third kappa shape index (κ3) is 3.50. The Kier molecular flexibility index (Phi) is 4.85. The van der Waals surface area contributed by atoms with E-state index >= 15 is 0 Å². The van der Waals surface area contributed by atoms with Crippen molar-refractivity contribution < 1.29 is 18.9 Å². The maximum Gasteiger partial charge on any atom is 0.294 e. The summed E-state index contributed by atoms with van der Waals surface area (Å²) in [5.41, 5.74) is -0.257. The highest BCUT2D eigenvalue weighted by molar-refractivity contribution is 6.31. The van der Waals surface area contributed by atoms with Gasteiger partial charge in [0.2, 0.25) is 11.8 Å². The molecule has 2 amide bonds. The molecule has 0 spiro atoms. The Bertz CT molecular complexity index is 905. The van der Waals surface area contributed by atoms with Gasteiger partial charge < -0.3 is 10.2 Å². The predicted octanol–water partition coefficient (Wildman–Crippen LogP) is 3.38. The molecule has 134 valence electrons. The number of benzene rings is 2. The maximum absolute atomic E-state index is 13.9. The molecule has 1 unspecified atom stereocenters. The van der Waals surface area contributed by atoms with Gasteiger partial charge in [-0.05, 0) is 24.3 Å². The first kappa shape index (κ1) is 17.8. The first-order chi connectivity index (χ1) is 12.4. The summed E-state index contributed by atoms with van der Waals surface area (Å²) in [6.45, 7) is -0.00696. The number of para-hydroxylation sites is 1. The summed E-state index contributed by atoms with van der Waals surface area (Å²) >= 11 is 5.74. The monoisotopic (exact) mass is 377 g/mol. The lowest BCUT2D eigenvalue weighted by atomic mass is 10.1. The van der Waals surface area contributed by atoms with E-state index in [-0.39, 0.29) is 41.0 Å². The van der Waals surface area contributed by atoms with Crippen LogP contribution < -0.4 is 10.2 Å². The van der Waals surface area contributed by atoms with Crippen molar-refractivity contribution in [3.63, 3.8) is 0 Å². The smallest absolute Gasteiger partial charge is 0.294 e. The van der Waals surface area contributed by atoms with Gasteiger partial charge in [-0.1, -0.05) is 23.7 Å². The molecule has 26 heavy (non-hydrogen) atoms. The van der Waals surface area contributed by atoms with E-state index in [2.05, 4.69) is 5.32 Å². The Morgan fingerprint density at radius 1 is 1.31 bits per heavy atom. The van der Waals surface area contributed by atoms with E-state index in [9.17, 15) is 24.1 Å². The molecule has 0 aliphatic carbocycles. The van der Waals surface area contributed by atoms with Gasteiger partial charge >= 0.3 is 0 Å². The van der Waals surface area contributed by atoms with Gasteiger partial charge in [0.15, 0.2) is 0 Å². The van der Waals surface area contributed by atoms with E-state index in [1.165, 1.54) is 35.2 Å². The van der Waals surface area contributed by atoms with Crippen molar-refractivity contribution in [2.24, 2.45) is 5.92 Å². The zero-order chi connectivity index (χ0) is 18.8. The minimum absolute atomic E-state index is 0.00696. The Balaban J connectivity index is 1.77. The van der Waals surface area contributed by atoms with Gasteiger partial charge in [0.05, 0.1) is 16.5 Å². The van der Waals surface area contributed by atoms with Crippen LogP contribution in [0.2, 0.25) is 5.02 Å². The van der Waals surface area contributed by atoms with Crippen molar-refractivity contribution in [1.82, 2.24) is 0 Å². The fourth-order valence-corrected chi connectivity index (χ4v) is 2.95. The fourth-order valence-electron chi connectivity index (χ4n) is 2.78. The Morgan fingerprint density at radius 3 is 2.73 bits per heavy atom. The largest absolute Gasteiger partial charge is 0.320 e. The quantitative estimate of drug-likeness (QED) is 0.653. The molecular formula is C17H13ClFN3O4. The second-order valence-corrected chi connectivity index (χ2v) is 6.20. The second kappa shape index (κ2) is 7.09. The molecule has 1 fully saturated rings. The maximum atomic E-state index is 13.9. The topological polar surface area (TPSA) is 92.5 Å². The van der Waals surface area contributed by atoms with Crippen molar-refractivity contribution in [3.05, 3.63) is 63.4 Å². The molecule has 7 nitrogen and oxygen atoms in total. The van der Waals surface area contributed by atoms with Gasteiger partial charge in [0.25, 0.3) is 5.69 Å². The zero-order valence-electron chi connectivity index (χ0n) is 13.3. The number of nitro groups is 1. The normalized spacial score (nSPS) is 16.6. The summed E-state index contributed by atoms with van der Waals surface area (Å²) in [7, 11) is 0. The van der Waals surface area contributed by atoms with Crippen LogP contribution in [0, 0.1) is 21.8 Å².